The highest BCUT2D eigenvalue weighted by molar-refractivity contribution is 5.35. The lowest BCUT2D eigenvalue weighted by molar-refractivity contribution is 0.240. The highest BCUT2D eigenvalue weighted by atomic mass is 16.3. The molecule has 0 aliphatic carbocycles. The first kappa shape index (κ1) is 14.6. The van der Waals surface area contributed by atoms with Gasteiger partial charge in [0.25, 0.3) is 0 Å². The minimum absolute atomic E-state index is 0.0164. The summed E-state index contributed by atoms with van der Waals surface area (Å²) < 4.78 is 0. The van der Waals surface area contributed by atoms with Gasteiger partial charge in [-0.2, -0.15) is 0 Å². The Hall–Kier alpha value is -1.84. The molecule has 1 atom stereocenters. The van der Waals surface area contributed by atoms with Crippen LogP contribution >= 0.6 is 0 Å². The van der Waals surface area contributed by atoms with E-state index in [9.17, 15) is 10.2 Å². The third-order valence-corrected chi connectivity index (χ3v) is 3.36. The third-order valence-electron chi connectivity index (χ3n) is 3.36. The summed E-state index contributed by atoms with van der Waals surface area (Å²) >= 11 is 0. The molecule has 0 spiro atoms. The van der Waals surface area contributed by atoms with Gasteiger partial charge in [-0.15, -0.1) is 0 Å². The summed E-state index contributed by atoms with van der Waals surface area (Å²) in [4.78, 5) is 0. The zero-order valence-corrected chi connectivity index (χ0v) is 11.7. The summed E-state index contributed by atoms with van der Waals surface area (Å²) in [6.45, 7) is 2.61. The number of benzene rings is 2. The molecule has 3 N–H and O–H groups in total. The van der Waals surface area contributed by atoms with Gasteiger partial charge in [-0.3, -0.25) is 0 Å². The molecule has 0 bridgehead atoms. The molecule has 0 aromatic heterocycles. The quantitative estimate of drug-likeness (QED) is 0.756. The molecule has 0 saturated heterocycles. The smallest absolute Gasteiger partial charge is 0.120 e. The Bertz CT molecular complexity index is 540. The summed E-state index contributed by atoms with van der Waals surface area (Å²) in [5.41, 5.74) is 3.16. The Balaban J connectivity index is 1.95. The second-order valence-corrected chi connectivity index (χ2v) is 5.08. The lowest BCUT2D eigenvalue weighted by atomic mass is 10.1. The van der Waals surface area contributed by atoms with Crippen molar-refractivity contribution in [3.8, 4) is 5.75 Å². The maximum atomic E-state index is 9.81. The number of hydrogen-bond donors (Lipinski definition) is 3. The number of aliphatic hydroxyl groups excluding tert-OH is 1. The molecule has 0 heterocycles. The molecule has 0 unspecified atom stereocenters. The number of nitrogens with one attached hydrogen (secondary N) is 1. The van der Waals surface area contributed by atoms with E-state index in [1.807, 2.05) is 37.3 Å². The van der Waals surface area contributed by atoms with Crippen LogP contribution in [-0.4, -0.2) is 22.9 Å². The highest BCUT2D eigenvalue weighted by Crippen LogP contribution is 2.18. The SMILES string of the molecule is Cc1ccc(O)c(CN[C@@H](CO)Cc2ccccc2)c1. The summed E-state index contributed by atoms with van der Waals surface area (Å²) in [6, 6.07) is 15.6. The van der Waals surface area contributed by atoms with Crippen LogP contribution in [0, 0.1) is 6.92 Å². The average molecular weight is 271 g/mol. The Morgan fingerprint density at radius 2 is 1.85 bits per heavy atom. The van der Waals surface area contributed by atoms with Gasteiger partial charge in [0.1, 0.15) is 5.75 Å². The van der Waals surface area contributed by atoms with E-state index in [1.165, 1.54) is 5.56 Å². The Morgan fingerprint density at radius 1 is 1.10 bits per heavy atom. The summed E-state index contributed by atoms with van der Waals surface area (Å²) in [5.74, 6) is 0.291. The van der Waals surface area contributed by atoms with Gasteiger partial charge in [-0.25, -0.2) is 0 Å². The van der Waals surface area contributed by atoms with Crippen molar-refractivity contribution < 1.29 is 10.2 Å². The monoisotopic (exact) mass is 271 g/mol. The van der Waals surface area contributed by atoms with E-state index in [0.29, 0.717) is 12.3 Å². The van der Waals surface area contributed by atoms with Crippen LogP contribution in [0.3, 0.4) is 0 Å². The van der Waals surface area contributed by atoms with Gasteiger partial charge >= 0.3 is 0 Å². The lowest BCUT2D eigenvalue weighted by Crippen LogP contribution is -2.34. The van der Waals surface area contributed by atoms with Gasteiger partial charge in [0.05, 0.1) is 6.61 Å². The molecule has 0 amide bonds. The van der Waals surface area contributed by atoms with Crippen LogP contribution in [-0.2, 0) is 13.0 Å². The third kappa shape index (κ3) is 4.08. The van der Waals surface area contributed by atoms with E-state index in [1.54, 1.807) is 6.07 Å². The molecule has 2 aromatic carbocycles. The maximum absolute atomic E-state index is 9.81. The second-order valence-electron chi connectivity index (χ2n) is 5.08. The molecule has 3 nitrogen and oxygen atoms in total. The molecular weight excluding hydrogens is 250 g/mol. The molecule has 2 rings (SSSR count). The Kier molecular flexibility index (Phi) is 5.16. The first-order valence-corrected chi connectivity index (χ1v) is 6.85. The number of phenols is 1. The van der Waals surface area contributed by atoms with E-state index >= 15 is 0 Å². The van der Waals surface area contributed by atoms with Crippen molar-refractivity contribution in [2.24, 2.45) is 0 Å². The number of aliphatic hydroxyl groups is 1. The Morgan fingerprint density at radius 3 is 2.55 bits per heavy atom. The van der Waals surface area contributed by atoms with Crippen molar-refractivity contribution in [2.45, 2.75) is 25.9 Å². The zero-order chi connectivity index (χ0) is 14.4. The Labute approximate surface area is 119 Å². The summed E-state index contributed by atoms with van der Waals surface area (Å²) in [6.07, 6.45) is 0.768. The summed E-state index contributed by atoms with van der Waals surface area (Å²) in [7, 11) is 0. The first-order valence-electron chi connectivity index (χ1n) is 6.85. The number of rotatable bonds is 6. The van der Waals surface area contributed by atoms with Gasteiger partial charge in [0.15, 0.2) is 0 Å². The predicted octanol–water partition coefficient (Wildman–Crippen LogP) is 2.39. The molecule has 3 heteroatoms. The normalized spacial score (nSPS) is 12.3. The summed E-state index contributed by atoms with van der Waals surface area (Å²) in [5, 5.41) is 22.6. The van der Waals surface area contributed by atoms with Crippen LogP contribution < -0.4 is 5.32 Å². The maximum Gasteiger partial charge on any atom is 0.120 e. The molecule has 20 heavy (non-hydrogen) atoms. The minimum atomic E-state index is -0.0164. The fourth-order valence-corrected chi connectivity index (χ4v) is 2.21. The lowest BCUT2D eigenvalue weighted by Gasteiger charge is -2.17. The van der Waals surface area contributed by atoms with Gasteiger partial charge in [-0.05, 0) is 25.0 Å². The van der Waals surface area contributed by atoms with Crippen LogP contribution in [0.25, 0.3) is 0 Å². The zero-order valence-electron chi connectivity index (χ0n) is 11.7. The fourth-order valence-electron chi connectivity index (χ4n) is 2.21. The van der Waals surface area contributed by atoms with Crippen molar-refractivity contribution in [2.75, 3.05) is 6.61 Å². The van der Waals surface area contributed by atoms with Crippen molar-refractivity contribution in [3.63, 3.8) is 0 Å². The first-order chi connectivity index (χ1) is 9.69. The van der Waals surface area contributed by atoms with Crippen LogP contribution in [0.15, 0.2) is 48.5 Å². The average Bonchev–Trinajstić information content (AvgIpc) is 2.47. The largest absolute Gasteiger partial charge is 0.508 e. The van der Waals surface area contributed by atoms with Gasteiger partial charge < -0.3 is 15.5 Å². The molecule has 0 radical (unpaired) electrons. The fraction of sp³-hybridized carbons (Fsp3) is 0.294. The van der Waals surface area contributed by atoms with Crippen molar-refractivity contribution >= 4 is 0 Å². The molecule has 0 aliphatic heterocycles. The van der Waals surface area contributed by atoms with E-state index in [0.717, 1.165) is 17.5 Å². The number of phenolic OH excluding ortho intramolecular Hbond substituents is 1. The van der Waals surface area contributed by atoms with E-state index in [4.69, 9.17) is 0 Å². The minimum Gasteiger partial charge on any atom is -0.508 e. The number of aryl methyl sites for hydroxylation is 1. The standard InChI is InChI=1S/C17H21NO2/c1-13-7-8-17(20)15(9-13)11-18-16(12-19)10-14-5-3-2-4-6-14/h2-9,16,18-20H,10-12H2,1H3/t16-/m1/s1. The van der Waals surface area contributed by atoms with Crippen molar-refractivity contribution in [1.82, 2.24) is 5.32 Å². The van der Waals surface area contributed by atoms with Crippen LogP contribution in [0.1, 0.15) is 16.7 Å². The molecule has 106 valence electrons. The van der Waals surface area contributed by atoms with Crippen LogP contribution in [0.4, 0.5) is 0 Å². The topological polar surface area (TPSA) is 52.5 Å². The van der Waals surface area contributed by atoms with Gasteiger partial charge in [0, 0.05) is 18.2 Å². The molecule has 0 aliphatic rings. The predicted molar refractivity (Wildman–Crippen MR) is 80.7 cm³/mol. The van der Waals surface area contributed by atoms with E-state index in [-0.39, 0.29) is 12.6 Å². The molecule has 0 saturated carbocycles. The van der Waals surface area contributed by atoms with Gasteiger partial charge in [-0.1, -0.05) is 48.0 Å². The second kappa shape index (κ2) is 7.08. The van der Waals surface area contributed by atoms with Crippen LogP contribution in [0.2, 0.25) is 0 Å². The molecular formula is C17H21NO2. The van der Waals surface area contributed by atoms with E-state index < -0.39 is 0 Å². The number of hydrogen-bond acceptors (Lipinski definition) is 3. The van der Waals surface area contributed by atoms with Crippen molar-refractivity contribution in [1.29, 1.82) is 0 Å². The van der Waals surface area contributed by atoms with E-state index in [2.05, 4.69) is 17.4 Å². The molecule has 0 fully saturated rings. The number of aromatic hydroxyl groups is 1. The molecule has 2 aromatic rings. The highest BCUT2D eigenvalue weighted by Gasteiger charge is 2.09. The van der Waals surface area contributed by atoms with Gasteiger partial charge in [0.2, 0.25) is 0 Å². The van der Waals surface area contributed by atoms with Crippen LogP contribution in [0.5, 0.6) is 5.75 Å². The van der Waals surface area contributed by atoms with Crippen molar-refractivity contribution in [3.05, 3.63) is 65.2 Å².